The van der Waals surface area contributed by atoms with Gasteiger partial charge in [-0.15, -0.1) is 0 Å². The zero-order valence-electron chi connectivity index (χ0n) is 18.0. The highest BCUT2D eigenvalue weighted by Gasteiger charge is 2.01. The monoisotopic (exact) mass is 369 g/mol. The molecule has 3 nitrogen and oxygen atoms in total. The van der Waals surface area contributed by atoms with E-state index < -0.39 is 0 Å². The molecule has 26 heavy (non-hydrogen) atoms. The molecule has 0 spiro atoms. The number of hydrogen-bond donors (Lipinski definition) is 1. The van der Waals surface area contributed by atoms with Crippen molar-refractivity contribution < 1.29 is 9.53 Å². The van der Waals surface area contributed by atoms with Crippen LogP contribution in [0.2, 0.25) is 0 Å². The van der Waals surface area contributed by atoms with E-state index in [1.807, 2.05) is 0 Å². The molecule has 0 rings (SSSR count). The normalized spacial score (nSPS) is 11.0. The number of unbranched alkanes of at least 4 members (excludes halogenated alkanes) is 14. The molecule has 0 atom stereocenters. The molecule has 0 aromatic rings. The lowest BCUT2D eigenvalue weighted by Crippen LogP contribution is -2.20. The Balaban J connectivity index is 3.09. The highest BCUT2D eigenvalue weighted by molar-refractivity contribution is 5.69. The third kappa shape index (κ3) is 21.5. The molecule has 0 fully saturated rings. The fraction of sp³-hybridized carbons (Fsp3) is 0.957. The van der Waals surface area contributed by atoms with Crippen LogP contribution in [0.3, 0.4) is 0 Å². The van der Waals surface area contributed by atoms with Crippen LogP contribution in [0.4, 0.5) is 0 Å². The number of esters is 1. The molecule has 0 radical (unpaired) electrons. The van der Waals surface area contributed by atoms with Gasteiger partial charge in [-0.25, -0.2) is 0 Å². The SMILES string of the molecule is CCCCCCCCCCCCCCCCOC(=O)CCNCCCC. The van der Waals surface area contributed by atoms with Gasteiger partial charge in [0.05, 0.1) is 13.0 Å². The summed E-state index contributed by atoms with van der Waals surface area (Å²) in [5, 5.41) is 3.27. The second-order valence-corrected chi connectivity index (χ2v) is 7.67. The summed E-state index contributed by atoms with van der Waals surface area (Å²) in [6.45, 7) is 6.80. The minimum absolute atomic E-state index is 0.0521. The van der Waals surface area contributed by atoms with E-state index >= 15 is 0 Å². The molecule has 0 aliphatic carbocycles. The van der Waals surface area contributed by atoms with Crippen molar-refractivity contribution in [1.82, 2.24) is 5.32 Å². The van der Waals surface area contributed by atoms with Crippen LogP contribution in [0.1, 0.15) is 123 Å². The van der Waals surface area contributed by atoms with Crippen molar-refractivity contribution in [3.63, 3.8) is 0 Å². The molecule has 0 bridgehead atoms. The van der Waals surface area contributed by atoms with Gasteiger partial charge in [0.1, 0.15) is 0 Å². The van der Waals surface area contributed by atoms with Crippen LogP contribution in [0.25, 0.3) is 0 Å². The fourth-order valence-corrected chi connectivity index (χ4v) is 3.17. The van der Waals surface area contributed by atoms with E-state index in [1.54, 1.807) is 0 Å². The Labute approximate surface area is 164 Å². The first-order chi connectivity index (χ1) is 12.8. The Hall–Kier alpha value is -0.570. The van der Waals surface area contributed by atoms with Crippen LogP contribution in [0.15, 0.2) is 0 Å². The first kappa shape index (κ1) is 25.4. The molecule has 0 aromatic carbocycles. The lowest BCUT2D eigenvalue weighted by Gasteiger charge is -2.06. The molecule has 0 aliphatic heterocycles. The van der Waals surface area contributed by atoms with E-state index in [2.05, 4.69) is 19.2 Å². The molecule has 0 heterocycles. The van der Waals surface area contributed by atoms with Gasteiger partial charge in [-0.05, 0) is 19.4 Å². The summed E-state index contributed by atoms with van der Waals surface area (Å²) in [5.41, 5.74) is 0. The molecule has 0 saturated heterocycles. The highest BCUT2D eigenvalue weighted by atomic mass is 16.5. The maximum absolute atomic E-state index is 11.5. The summed E-state index contributed by atoms with van der Waals surface area (Å²) in [5.74, 6) is -0.0521. The van der Waals surface area contributed by atoms with E-state index in [9.17, 15) is 4.79 Å². The number of nitrogens with one attached hydrogen (secondary N) is 1. The lowest BCUT2D eigenvalue weighted by atomic mass is 10.0. The number of carbonyl (C=O) groups excluding carboxylic acids is 1. The predicted molar refractivity (Wildman–Crippen MR) is 114 cm³/mol. The van der Waals surface area contributed by atoms with Gasteiger partial charge in [0.15, 0.2) is 0 Å². The Morgan fingerprint density at radius 2 is 1.08 bits per heavy atom. The van der Waals surface area contributed by atoms with Crippen molar-refractivity contribution in [3.05, 3.63) is 0 Å². The van der Waals surface area contributed by atoms with Crippen molar-refractivity contribution in [1.29, 1.82) is 0 Å². The van der Waals surface area contributed by atoms with Crippen LogP contribution in [-0.2, 0) is 9.53 Å². The van der Waals surface area contributed by atoms with Crippen molar-refractivity contribution in [2.75, 3.05) is 19.7 Å². The average Bonchev–Trinajstić information content (AvgIpc) is 2.64. The van der Waals surface area contributed by atoms with E-state index in [0.717, 1.165) is 19.5 Å². The van der Waals surface area contributed by atoms with Crippen LogP contribution in [-0.4, -0.2) is 25.7 Å². The molecule has 0 aromatic heterocycles. The highest BCUT2D eigenvalue weighted by Crippen LogP contribution is 2.12. The van der Waals surface area contributed by atoms with Crippen molar-refractivity contribution in [2.45, 2.75) is 123 Å². The zero-order chi connectivity index (χ0) is 19.1. The summed E-state index contributed by atoms with van der Waals surface area (Å²) >= 11 is 0. The molecule has 1 N–H and O–H groups in total. The second kappa shape index (κ2) is 22.5. The number of rotatable bonds is 21. The standard InChI is InChI=1S/C23H47NO2/c1-3-5-7-8-9-10-11-12-13-14-15-16-17-18-22-26-23(25)19-21-24-20-6-4-2/h24H,3-22H2,1-2H3. The summed E-state index contributed by atoms with van der Waals surface area (Å²) < 4.78 is 5.28. The third-order valence-corrected chi connectivity index (χ3v) is 4.97. The zero-order valence-corrected chi connectivity index (χ0v) is 18.0. The number of hydrogen-bond acceptors (Lipinski definition) is 3. The fourth-order valence-electron chi connectivity index (χ4n) is 3.17. The largest absolute Gasteiger partial charge is 0.466 e. The first-order valence-electron chi connectivity index (χ1n) is 11.7. The molecule has 0 unspecified atom stereocenters. The van der Waals surface area contributed by atoms with Crippen LogP contribution in [0, 0.1) is 0 Å². The van der Waals surface area contributed by atoms with Crippen molar-refractivity contribution in [3.8, 4) is 0 Å². The van der Waals surface area contributed by atoms with Gasteiger partial charge in [0.2, 0.25) is 0 Å². The Bertz CT molecular complexity index is 281. The Kier molecular flexibility index (Phi) is 22.0. The first-order valence-corrected chi connectivity index (χ1v) is 11.7. The summed E-state index contributed by atoms with van der Waals surface area (Å²) in [7, 11) is 0. The molecule has 3 heteroatoms. The Morgan fingerprint density at radius 3 is 1.58 bits per heavy atom. The van der Waals surface area contributed by atoms with Gasteiger partial charge < -0.3 is 10.1 Å². The maximum Gasteiger partial charge on any atom is 0.307 e. The topological polar surface area (TPSA) is 38.3 Å². The van der Waals surface area contributed by atoms with Crippen molar-refractivity contribution >= 4 is 5.97 Å². The van der Waals surface area contributed by atoms with Gasteiger partial charge in [-0.1, -0.05) is 104 Å². The molecule has 0 saturated carbocycles. The quantitative estimate of drug-likeness (QED) is 0.179. The van der Waals surface area contributed by atoms with Gasteiger partial charge in [-0.3, -0.25) is 4.79 Å². The predicted octanol–water partition coefficient (Wildman–Crippen LogP) is 6.79. The summed E-state index contributed by atoms with van der Waals surface area (Å²) in [4.78, 5) is 11.5. The molecule has 156 valence electrons. The van der Waals surface area contributed by atoms with E-state index in [0.29, 0.717) is 13.0 Å². The summed E-state index contributed by atoms with van der Waals surface area (Å²) in [6.07, 6.45) is 21.8. The van der Waals surface area contributed by atoms with Gasteiger partial charge in [0.25, 0.3) is 0 Å². The maximum atomic E-state index is 11.5. The average molecular weight is 370 g/mol. The summed E-state index contributed by atoms with van der Waals surface area (Å²) in [6, 6.07) is 0. The minimum Gasteiger partial charge on any atom is -0.466 e. The smallest absolute Gasteiger partial charge is 0.307 e. The number of carbonyl (C=O) groups is 1. The van der Waals surface area contributed by atoms with Crippen LogP contribution in [0.5, 0.6) is 0 Å². The van der Waals surface area contributed by atoms with Crippen molar-refractivity contribution in [2.24, 2.45) is 0 Å². The molecular weight excluding hydrogens is 322 g/mol. The van der Waals surface area contributed by atoms with Gasteiger partial charge in [0, 0.05) is 6.54 Å². The Morgan fingerprint density at radius 1 is 0.615 bits per heavy atom. The van der Waals surface area contributed by atoms with E-state index in [-0.39, 0.29) is 5.97 Å². The lowest BCUT2D eigenvalue weighted by molar-refractivity contribution is -0.143. The minimum atomic E-state index is -0.0521. The van der Waals surface area contributed by atoms with Crippen LogP contribution >= 0.6 is 0 Å². The molecule has 0 amide bonds. The van der Waals surface area contributed by atoms with Gasteiger partial charge >= 0.3 is 5.97 Å². The third-order valence-electron chi connectivity index (χ3n) is 4.97. The number of ether oxygens (including phenoxy) is 1. The van der Waals surface area contributed by atoms with E-state index in [4.69, 9.17) is 4.74 Å². The molecule has 0 aliphatic rings. The van der Waals surface area contributed by atoms with E-state index in [1.165, 1.54) is 96.3 Å². The van der Waals surface area contributed by atoms with Crippen LogP contribution < -0.4 is 5.32 Å². The molecular formula is C23H47NO2. The van der Waals surface area contributed by atoms with Gasteiger partial charge in [-0.2, -0.15) is 0 Å². The second-order valence-electron chi connectivity index (χ2n) is 7.67.